The summed E-state index contributed by atoms with van der Waals surface area (Å²) in [7, 11) is 1.65. The minimum atomic E-state index is -0.398. The number of H-pyrrole nitrogens is 1. The van der Waals surface area contributed by atoms with Crippen LogP contribution in [0.15, 0.2) is 60.4 Å². The summed E-state index contributed by atoms with van der Waals surface area (Å²) in [5.74, 6) is 1.09. The van der Waals surface area contributed by atoms with Crippen molar-refractivity contribution in [1.82, 2.24) is 9.88 Å². The fourth-order valence-corrected chi connectivity index (χ4v) is 4.97. The van der Waals surface area contributed by atoms with Gasteiger partial charge in [0.1, 0.15) is 18.1 Å². The molecule has 7 nitrogen and oxygen atoms in total. The van der Waals surface area contributed by atoms with E-state index in [2.05, 4.69) is 29.3 Å². The number of halogens is 1. The van der Waals surface area contributed by atoms with Gasteiger partial charge in [-0.05, 0) is 67.5 Å². The summed E-state index contributed by atoms with van der Waals surface area (Å²) in [5.41, 5.74) is 2.27. The average Bonchev–Trinajstić information content (AvgIpc) is 3.14. The molecule has 0 bridgehead atoms. The maximum atomic E-state index is 13.5. The van der Waals surface area contributed by atoms with Gasteiger partial charge in [-0.25, -0.2) is 4.79 Å². The zero-order valence-corrected chi connectivity index (χ0v) is 22.9. The Morgan fingerprint density at radius 2 is 1.89 bits per heavy atom. The highest BCUT2D eigenvalue weighted by molar-refractivity contribution is 6.30. The predicted octanol–water partition coefficient (Wildman–Crippen LogP) is 4.67. The molecule has 1 aromatic carbocycles. The molecule has 0 radical (unpaired) electrons. The first-order chi connectivity index (χ1) is 18.5. The molecule has 202 valence electrons. The van der Waals surface area contributed by atoms with E-state index in [4.69, 9.17) is 30.5 Å². The topological polar surface area (TPSA) is 73.0 Å². The number of hydrogen-bond acceptors (Lipinski definition) is 5. The molecule has 1 N–H and O–H groups in total. The van der Waals surface area contributed by atoms with Crippen LogP contribution in [0.4, 0.5) is 4.79 Å². The molecule has 2 heterocycles. The first-order valence-electron chi connectivity index (χ1n) is 12.9. The van der Waals surface area contributed by atoms with Gasteiger partial charge in [0.15, 0.2) is 0 Å². The van der Waals surface area contributed by atoms with E-state index in [0.717, 1.165) is 23.2 Å². The number of benzene rings is 1. The number of allylic oxidation sites excluding steroid dienone is 3. The third kappa shape index (κ3) is 6.59. The lowest BCUT2D eigenvalue weighted by Gasteiger charge is -2.37. The first kappa shape index (κ1) is 27.8. The maximum Gasteiger partial charge on any atom is 0.415 e. The van der Waals surface area contributed by atoms with Gasteiger partial charge in [0.05, 0.1) is 25.9 Å². The number of aromatic amines is 1. The summed E-state index contributed by atoms with van der Waals surface area (Å²) in [6, 6.07) is 6.54. The standard InChI is InChI=1S/C30H35ClN2O5/c1-4-25-26-15-16-33(30(34)38-24-13-10-22(31)11-14-24)29(28(26)32-27(25)5-2)21-7-6-8-23(12-9-21)37-20-19-36-18-17-35-3/h4-14,21,29,32H,15-20H2,1-3H3/b25-4-,27-5+. The van der Waals surface area contributed by atoms with Crippen LogP contribution < -0.4 is 15.3 Å². The van der Waals surface area contributed by atoms with Crippen molar-refractivity contribution in [2.24, 2.45) is 5.92 Å². The Labute approximate surface area is 228 Å². The lowest BCUT2D eigenvalue weighted by Crippen LogP contribution is -2.44. The quantitative estimate of drug-likeness (QED) is 0.470. The Balaban J connectivity index is 1.57. The Morgan fingerprint density at radius 3 is 2.63 bits per heavy atom. The molecule has 1 amide bonds. The van der Waals surface area contributed by atoms with Gasteiger partial charge in [-0.15, -0.1) is 0 Å². The van der Waals surface area contributed by atoms with Gasteiger partial charge < -0.3 is 23.9 Å². The van der Waals surface area contributed by atoms with Crippen LogP contribution in [0.1, 0.15) is 31.1 Å². The molecule has 0 fully saturated rings. The zero-order chi connectivity index (χ0) is 26.9. The molecule has 1 aromatic heterocycles. The predicted molar refractivity (Wildman–Crippen MR) is 149 cm³/mol. The molecule has 2 unspecified atom stereocenters. The largest absolute Gasteiger partial charge is 0.491 e. The Kier molecular flexibility index (Phi) is 9.87. The van der Waals surface area contributed by atoms with E-state index in [-0.39, 0.29) is 12.0 Å². The van der Waals surface area contributed by atoms with E-state index in [1.807, 2.05) is 32.1 Å². The van der Waals surface area contributed by atoms with E-state index >= 15 is 0 Å². The van der Waals surface area contributed by atoms with Gasteiger partial charge >= 0.3 is 6.09 Å². The molecule has 38 heavy (non-hydrogen) atoms. The SMILES string of the molecule is C/C=c1/c2c([nH]/c1=C/C)C(C1C=CC=C(OCCOCCOC)C=C1)N(C(=O)Oc1ccc(Cl)cc1)CC2. The number of fused-ring (bicyclic) bond motifs is 1. The number of carbonyl (C=O) groups excluding carboxylic acids is 1. The van der Waals surface area contributed by atoms with Crippen LogP contribution >= 0.6 is 11.6 Å². The fraction of sp³-hybridized carbons (Fsp3) is 0.367. The summed E-state index contributed by atoms with van der Waals surface area (Å²) >= 11 is 6.01. The highest BCUT2D eigenvalue weighted by Gasteiger charge is 2.37. The molecule has 0 spiro atoms. The normalized spacial score (nSPS) is 19.8. The lowest BCUT2D eigenvalue weighted by molar-refractivity contribution is 0.0432. The van der Waals surface area contributed by atoms with Crippen molar-refractivity contribution in [2.45, 2.75) is 26.3 Å². The van der Waals surface area contributed by atoms with Crippen molar-refractivity contribution in [2.75, 3.05) is 40.1 Å². The monoisotopic (exact) mass is 538 g/mol. The van der Waals surface area contributed by atoms with Gasteiger partial charge in [-0.1, -0.05) is 42.0 Å². The molecule has 8 heteroatoms. The number of amides is 1. The third-order valence-electron chi connectivity index (χ3n) is 6.64. The van der Waals surface area contributed by atoms with E-state index in [0.29, 0.717) is 43.7 Å². The highest BCUT2D eigenvalue weighted by Crippen LogP contribution is 2.36. The first-order valence-corrected chi connectivity index (χ1v) is 13.3. The van der Waals surface area contributed by atoms with Gasteiger partial charge in [-0.2, -0.15) is 0 Å². The number of rotatable bonds is 9. The highest BCUT2D eigenvalue weighted by atomic mass is 35.5. The molecule has 4 rings (SSSR count). The Bertz CT molecular complexity index is 1310. The van der Waals surface area contributed by atoms with Gasteiger partial charge in [0, 0.05) is 35.6 Å². The van der Waals surface area contributed by atoms with Crippen LogP contribution in [0.25, 0.3) is 12.2 Å². The van der Waals surface area contributed by atoms with Crippen LogP contribution in [-0.4, -0.2) is 56.1 Å². The number of aromatic nitrogens is 1. The van der Waals surface area contributed by atoms with Gasteiger partial charge in [0.25, 0.3) is 0 Å². The molecular formula is C30H35ClN2O5. The Morgan fingerprint density at radius 1 is 1.11 bits per heavy atom. The van der Waals surface area contributed by atoms with Crippen LogP contribution in [0.2, 0.25) is 5.02 Å². The maximum absolute atomic E-state index is 13.5. The van der Waals surface area contributed by atoms with Gasteiger partial charge in [0.2, 0.25) is 0 Å². The molecule has 0 saturated carbocycles. The minimum absolute atomic E-state index is 0.102. The number of methoxy groups -OCH3 is 1. The number of nitrogens with one attached hydrogen (secondary N) is 1. The van der Waals surface area contributed by atoms with Crippen LogP contribution in [0.3, 0.4) is 0 Å². The Hall–Kier alpha value is -3.26. The lowest BCUT2D eigenvalue weighted by atomic mass is 9.88. The van der Waals surface area contributed by atoms with Gasteiger partial charge in [-0.3, -0.25) is 4.90 Å². The second kappa shape index (κ2) is 13.5. The van der Waals surface area contributed by atoms with Crippen LogP contribution in [-0.2, 0) is 20.6 Å². The van der Waals surface area contributed by atoms with Crippen molar-refractivity contribution in [3.63, 3.8) is 0 Å². The number of nitrogens with zero attached hydrogens (tertiary/aromatic N) is 1. The van der Waals surface area contributed by atoms with Crippen molar-refractivity contribution < 1.29 is 23.7 Å². The number of ether oxygens (including phenoxy) is 4. The third-order valence-corrected chi connectivity index (χ3v) is 6.90. The molecule has 2 aromatic rings. The average molecular weight is 539 g/mol. The fourth-order valence-electron chi connectivity index (χ4n) is 4.84. The summed E-state index contributed by atoms with van der Waals surface area (Å²) in [4.78, 5) is 18.9. The van der Waals surface area contributed by atoms with Crippen molar-refractivity contribution in [1.29, 1.82) is 0 Å². The summed E-state index contributed by atoms with van der Waals surface area (Å²) in [6.45, 7) is 6.61. The van der Waals surface area contributed by atoms with Crippen molar-refractivity contribution in [3.8, 4) is 5.75 Å². The summed E-state index contributed by atoms with van der Waals surface area (Å²) in [6.07, 6.45) is 14.6. The molecule has 0 saturated heterocycles. The molecule has 2 atom stereocenters. The van der Waals surface area contributed by atoms with Crippen LogP contribution in [0.5, 0.6) is 5.75 Å². The molecule has 1 aliphatic carbocycles. The molecule has 2 aliphatic rings. The van der Waals surface area contributed by atoms with E-state index in [1.165, 1.54) is 10.8 Å². The zero-order valence-electron chi connectivity index (χ0n) is 22.1. The smallest absolute Gasteiger partial charge is 0.415 e. The number of carbonyl (C=O) groups is 1. The van der Waals surface area contributed by atoms with E-state index in [1.54, 1.807) is 36.3 Å². The molecule has 1 aliphatic heterocycles. The van der Waals surface area contributed by atoms with Crippen molar-refractivity contribution >= 4 is 29.8 Å². The molecular weight excluding hydrogens is 504 g/mol. The second-order valence-corrected chi connectivity index (χ2v) is 9.41. The number of hydrogen-bond donors (Lipinski definition) is 1. The second-order valence-electron chi connectivity index (χ2n) is 8.98. The van der Waals surface area contributed by atoms with Crippen molar-refractivity contribution in [3.05, 3.63) is 87.3 Å². The van der Waals surface area contributed by atoms with E-state index < -0.39 is 6.09 Å². The summed E-state index contributed by atoms with van der Waals surface area (Å²) in [5, 5.41) is 2.84. The minimum Gasteiger partial charge on any atom is -0.491 e. The van der Waals surface area contributed by atoms with E-state index in [9.17, 15) is 4.79 Å². The summed E-state index contributed by atoms with van der Waals surface area (Å²) < 4.78 is 22.1. The van der Waals surface area contributed by atoms with Crippen LogP contribution in [0, 0.1) is 5.92 Å².